The van der Waals surface area contributed by atoms with Gasteiger partial charge in [0.2, 0.25) is 0 Å². The van der Waals surface area contributed by atoms with Crippen molar-refractivity contribution in [1.82, 2.24) is 0 Å². The Morgan fingerprint density at radius 3 is 1.65 bits per heavy atom. The lowest BCUT2D eigenvalue weighted by molar-refractivity contribution is -0.141. The first-order chi connectivity index (χ1) is 12.2. The average molecular weight is 356 g/mol. The van der Waals surface area contributed by atoms with Gasteiger partial charge in [-0.1, -0.05) is 88.4 Å². The van der Waals surface area contributed by atoms with E-state index in [1.54, 1.807) is 0 Å². The molecule has 2 aromatic carbocycles. The Morgan fingerprint density at radius 1 is 0.846 bits per heavy atom. The van der Waals surface area contributed by atoms with Crippen molar-refractivity contribution in [1.29, 1.82) is 0 Å². The lowest BCUT2D eigenvalue weighted by Crippen LogP contribution is -2.27. The standard InChI is InChI=1S/C13H18O2.C10H15N/c1-13(2,10-9-12(14)15-3)11-7-5-4-6-8-11;1-10(2,8-11)9-6-4-3-5-7-9/h4-8H,9-10H2,1-3H3;3-7H,8,11H2,1-2H3. The highest BCUT2D eigenvalue weighted by Crippen LogP contribution is 2.28. The number of hydrogen-bond acceptors (Lipinski definition) is 3. The minimum atomic E-state index is -0.140. The Balaban J connectivity index is 0.000000273. The summed E-state index contributed by atoms with van der Waals surface area (Å²) >= 11 is 0. The summed E-state index contributed by atoms with van der Waals surface area (Å²) in [5.74, 6) is -0.140. The first-order valence-corrected chi connectivity index (χ1v) is 9.11. The second-order valence-corrected chi connectivity index (χ2v) is 7.78. The third-order valence-electron chi connectivity index (χ3n) is 4.80. The smallest absolute Gasteiger partial charge is 0.305 e. The highest BCUT2D eigenvalue weighted by Gasteiger charge is 2.21. The maximum Gasteiger partial charge on any atom is 0.305 e. The molecule has 3 heteroatoms. The minimum Gasteiger partial charge on any atom is -0.469 e. The fourth-order valence-electron chi connectivity index (χ4n) is 2.56. The van der Waals surface area contributed by atoms with Gasteiger partial charge in [-0.05, 0) is 23.0 Å². The molecule has 142 valence electrons. The molecule has 26 heavy (non-hydrogen) atoms. The summed E-state index contributed by atoms with van der Waals surface area (Å²) in [4.78, 5) is 11.1. The molecular formula is C23H33NO2. The van der Waals surface area contributed by atoms with Crippen LogP contribution >= 0.6 is 0 Å². The Morgan fingerprint density at radius 2 is 1.27 bits per heavy atom. The largest absolute Gasteiger partial charge is 0.469 e. The predicted molar refractivity (Wildman–Crippen MR) is 109 cm³/mol. The van der Waals surface area contributed by atoms with Gasteiger partial charge in [-0.15, -0.1) is 0 Å². The summed E-state index contributed by atoms with van der Waals surface area (Å²) in [6, 6.07) is 20.6. The van der Waals surface area contributed by atoms with Gasteiger partial charge < -0.3 is 10.5 Å². The summed E-state index contributed by atoms with van der Waals surface area (Å²) in [5, 5.41) is 0. The Hall–Kier alpha value is -2.13. The number of benzene rings is 2. The third-order valence-corrected chi connectivity index (χ3v) is 4.80. The molecule has 3 nitrogen and oxygen atoms in total. The quantitative estimate of drug-likeness (QED) is 0.754. The van der Waals surface area contributed by atoms with Crippen molar-refractivity contribution in [3.05, 3.63) is 71.8 Å². The van der Waals surface area contributed by atoms with Crippen molar-refractivity contribution >= 4 is 5.97 Å². The van der Waals surface area contributed by atoms with Gasteiger partial charge in [-0.3, -0.25) is 4.79 Å². The Labute approximate surface area is 158 Å². The van der Waals surface area contributed by atoms with Crippen LogP contribution in [0.4, 0.5) is 0 Å². The monoisotopic (exact) mass is 355 g/mol. The topological polar surface area (TPSA) is 52.3 Å². The van der Waals surface area contributed by atoms with Crippen LogP contribution in [-0.2, 0) is 20.4 Å². The van der Waals surface area contributed by atoms with Crippen LogP contribution in [0, 0.1) is 0 Å². The number of nitrogens with two attached hydrogens (primary N) is 1. The van der Waals surface area contributed by atoms with Crippen molar-refractivity contribution in [3.8, 4) is 0 Å². The molecule has 0 amide bonds. The molecule has 2 aromatic rings. The van der Waals surface area contributed by atoms with E-state index in [0.717, 1.165) is 6.42 Å². The summed E-state index contributed by atoms with van der Waals surface area (Å²) in [6.07, 6.45) is 1.28. The van der Waals surface area contributed by atoms with E-state index in [1.807, 2.05) is 36.4 Å². The zero-order valence-electron chi connectivity index (χ0n) is 16.8. The lowest BCUT2D eigenvalue weighted by atomic mass is 9.80. The van der Waals surface area contributed by atoms with Gasteiger partial charge >= 0.3 is 5.97 Å². The highest BCUT2D eigenvalue weighted by atomic mass is 16.5. The second kappa shape index (κ2) is 10.1. The normalized spacial score (nSPS) is 11.3. The van der Waals surface area contributed by atoms with E-state index in [0.29, 0.717) is 13.0 Å². The molecule has 0 aromatic heterocycles. The Bertz CT molecular complexity index is 648. The van der Waals surface area contributed by atoms with Crippen LogP contribution in [-0.4, -0.2) is 19.6 Å². The molecule has 0 atom stereocenters. The van der Waals surface area contributed by atoms with Crippen LogP contribution in [0.15, 0.2) is 60.7 Å². The first-order valence-electron chi connectivity index (χ1n) is 9.11. The van der Waals surface area contributed by atoms with Crippen molar-refractivity contribution in [2.75, 3.05) is 13.7 Å². The number of esters is 1. The van der Waals surface area contributed by atoms with Crippen molar-refractivity contribution in [3.63, 3.8) is 0 Å². The van der Waals surface area contributed by atoms with E-state index in [2.05, 4.69) is 56.7 Å². The van der Waals surface area contributed by atoms with E-state index < -0.39 is 0 Å². The van der Waals surface area contributed by atoms with Gasteiger partial charge in [0.15, 0.2) is 0 Å². The summed E-state index contributed by atoms with van der Waals surface area (Å²) in [5.41, 5.74) is 8.34. The lowest BCUT2D eigenvalue weighted by Gasteiger charge is -2.24. The van der Waals surface area contributed by atoms with Crippen molar-refractivity contribution < 1.29 is 9.53 Å². The predicted octanol–water partition coefficient (Wildman–Crippen LogP) is 4.84. The highest BCUT2D eigenvalue weighted by molar-refractivity contribution is 5.69. The van der Waals surface area contributed by atoms with E-state index in [1.165, 1.54) is 18.2 Å². The van der Waals surface area contributed by atoms with Gasteiger partial charge in [0, 0.05) is 18.4 Å². The molecule has 0 saturated heterocycles. The number of ether oxygens (including phenoxy) is 1. The zero-order valence-corrected chi connectivity index (χ0v) is 16.8. The molecule has 0 fully saturated rings. The molecular weight excluding hydrogens is 322 g/mol. The van der Waals surface area contributed by atoms with Gasteiger partial charge in [-0.25, -0.2) is 0 Å². The first kappa shape index (κ1) is 21.9. The second-order valence-electron chi connectivity index (χ2n) is 7.78. The number of methoxy groups -OCH3 is 1. The molecule has 0 bridgehead atoms. The van der Waals surface area contributed by atoms with Gasteiger partial charge in [0.1, 0.15) is 0 Å². The molecule has 0 unspecified atom stereocenters. The van der Waals surface area contributed by atoms with Crippen LogP contribution in [0.5, 0.6) is 0 Å². The minimum absolute atomic E-state index is 0.0233. The van der Waals surface area contributed by atoms with Gasteiger partial charge in [0.25, 0.3) is 0 Å². The van der Waals surface area contributed by atoms with E-state index in [-0.39, 0.29) is 16.8 Å². The van der Waals surface area contributed by atoms with Crippen LogP contribution < -0.4 is 5.73 Å². The SMILES string of the molecule is CC(C)(CN)c1ccccc1.COC(=O)CCC(C)(C)c1ccccc1. The van der Waals surface area contributed by atoms with Crippen LogP contribution in [0.1, 0.15) is 51.7 Å². The molecule has 2 N–H and O–H groups in total. The number of hydrogen-bond donors (Lipinski definition) is 1. The average Bonchev–Trinajstić information content (AvgIpc) is 2.68. The maximum absolute atomic E-state index is 11.1. The number of carbonyl (C=O) groups excluding carboxylic acids is 1. The third kappa shape index (κ3) is 7.01. The molecule has 0 aliphatic rings. The van der Waals surface area contributed by atoms with Crippen molar-refractivity contribution in [2.24, 2.45) is 5.73 Å². The van der Waals surface area contributed by atoms with Crippen LogP contribution in [0.25, 0.3) is 0 Å². The molecule has 2 rings (SSSR count). The number of rotatable bonds is 6. The Kier molecular flexibility index (Phi) is 8.53. The van der Waals surface area contributed by atoms with E-state index in [4.69, 9.17) is 5.73 Å². The summed E-state index contributed by atoms with van der Waals surface area (Å²) < 4.78 is 4.64. The van der Waals surface area contributed by atoms with Gasteiger partial charge in [0.05, 0.1) is 7.11 Å². The van der Waals surface area contributed by atoms with E-state index >= 15 is 0 Å². The molecule has 0 saturated carbocycles. The molecule has 0 radical (unpaired) electrons. The fraction of sp³-hybridized carbons (Fsp3) is 0.435. The van der Waals surface area contributed by atoms with Gasteiger partial charge in [-0.2, -0.15) is 0 Å². The van der Waals surface area contributed by atoms with E-state index in [9.17, 15) is 4.79 Å². The van der Waals surface area contributed by atoms with Crippen LogP contribution in [0.2, 0.25) is 0 Å². The molecule has 0 spiro atoms. The van der Waals surface area contributed by atoms with Crippen molar-refractivity contribution in [2.45, 2.75) is 51.4 Å². The summed E-state index contributed by atoms with van der Waals surface area (Å²) in [7, 11) is 1.43. The fourth-order valence-corrected chi connectivity index (χ4v) is 2.56. The van der Waals surface area contributed by atoms with Crippen LogP contribution in [0.3, 0.4) is 0 Å². The molecule has 0 heterocycles. The number of carbonyl (C=O) groups is 1. The zero-order chi connectivity index (χ0) is 19.6. The molecule has 0 aliphatic carbocycles. The summed E-state index contributed by atoms with van der Waals surface area (Å²) in [6.45, 7) is 9.29. The maximum atomic E-state index is 11.1. The molecule has 0 aliphatic heterocycles.